The summed E-state index contributed by atoms with van der Waals surface area (Å²) >= 11 is 10.8. The lowest BCUT2D eigenvalue weighted by atomic mass is 10.0. The summed E-state index contributed by atoms with van der Waals surface area (Å²) in [6.07, 6.45) is 9.11. The summed E-state index contributed by atoms with van der Waals surface area (Å²) in [4.78, 5) is 52.4. The zero-order valence-corrected chi connectivity index (χ0v) is 65.4. The summed E-state index contributed by atoms with van der Waals surface area (Å²) in [5.41, 5.74) is 25.8. The molecule has 0 amide bonds. The number of hydrogen-bond acceptors (Lipinski definition) is 11. The van der Waals surface area contributed by atoms with Crippen LogP contribution in [0, 0.1) is 0 Å². The van der Waals surface area contributed by atoms with Gasteiger partial charge in [0.15, 0.2) is 23.3 Å². The molecule has 11 aromatic heterocycles. The van der Waals surface area contributed by atoms with E-state index in [1.165, 1.54) is 0 Å². The molecule has 0 aliphatic rings. The number of fused-ring (bicyclic) bond motifs is 9. The average Bonchev–Trinajstić information content (AvgIpc) is 1.59. The molecule has 0 aliphatic heterocycles. The third kappa shape index (κ3) is 14.1. The van der Waals surface area contributed by atoms with Crippen LogP contribution >= 0.6 is 47.8 Å². The van der Waals surface area contributed by atoms with Crippen LogP contribution in [0.5, 0.6) is 0 Å². The first-order valence-corrected chi connectivity index (χ1v) is 39.3. The lowest BCUT2D eigenvalue weighted by molar-refractivity contribution is 1.07. The van der Waals surface area contributed by atoms with Crippen LogP contribution in [0.4, 0.5) is 0 Å². The summed E-state index contributed by atoms with van der Waals surface area (Å²) in [5, 5.41) is 3.34. The maximum absolute atomic E-state index is 4.97. The van der Waals surface area contributed by atoms with E-state index < -0.39 is 0 Å². The van der Waals surface area contributed by atoms with E-state index in [0.29, 0.717) is 23.3 Å². The summed E-state index contributed by atoms with van der Waals surface area (Å²) in [5.74, 6) is 2.64. The minimum atomic E-state index is 0.636. The Kier molecular flexibility index (Phi) is 19.2. The Hall–Kier alpha value is -14.0. The van der Waals surface area contributed by atoms with Gasteiger partial charge in [0.25, 0.3) is 0 Å². The topological polar surface area (TPSA) is 157 Å². The Morgan fingerprint density at radius 2 is 0.491 bits per heavy atom. The third-order valence-electron chi connectivity index (χ3n) is 19.9. The number of aromatic nitrogens is 14. The van der Waals surface area contributed by atoms with Gasteiger partial charge < -0.3 is 13.7 Å². The van der Waals surface area contributed by atoms with Crippen molar-refractivity contribution in [1.29, 1.82) is 0 Å². The minimum Gasteiger partial charge on any atom is -0.308 e. The van der Waals surface area contributed by atoms with Gasteiger partial charge in [0.1, 0.15) is 0 Å². The van der Waals surface area contributed by atoms with Crippen molar-refractivity contribution in [2.45, 2.75) is 0 Å². The number of benzene rings is 10. The molecule has 0 atom stereocenters. The van der Waals surface area contributed by atoms with Gasteiger partial charge in [0.05, 0.1) is 83.8 Å². The van der Waals surface area contributed by atoms with Crippen molar-refractivity contribution in [1.82, 2.24) is 68.5 Å². The van der Waals surface area contributed by atoms with Gasteiger partial charge in [-0.05, 0) is 205 Å². The van der Waals surface area contributed by atoms with E-state index in [-0.39, 0.29) is 0 Å². The highest BCUT2D eigenvalue weighted by molar-refractivity contribution is 9.11. The van der Waals surface area contributed by atoms with Gasteiger partial charge >= 0.3 is 0 Å². The molecule has 17 heteroatoms. The van der Waals surface area contributed by atoms with Gasteiger partial charge in [-0.25, -0.2) is 29.9 Å². The summed E-state index contributed by atoms with van der Waals surface area (Å²) < 4.78 is 9.86. The summed E-state index contributed by atoms with van der Waals surface area (Å²) in [6, 6.07) is 115. The highest BCUT2D eigenvalue weighted by Crippen LogP contribution is 2.39. The van der Waals surface area contributed by atoms with Crippen molar-refractivity contribution >= 4 is 114 Å². The zero-order chi connectivity index (χ0) is 76.4. The normalized spacial score (nSPS) is 11.3. The van der Waals surface area contributed by atoms with Crippen molar-refractivity contribution in [3.05, 3.63) is 384 Å². The van der Waals surface area contributed by atoms with Crippen molar-refractivity contribution < 1.29 is 0 Å². The molecule has 0 fully saturated rings. The largest absolute Gasteiger partial charge is 0.308 e. The monoisotopic (exact) mass is 1660 g/mol. The SMILES string of the molecule is Brc1ccc2c(c1)c1ncccc1n2-c1ccc(-c2cc(-c3ccccn3)nc(-c3ccccn3)c2)cc1.Brc1ccc2c(c1)c1ncccc1n2-c1ccc(-c2nc(-c3ccccc3)cc(-c3ccccc3)n2)cc1.Brc1ccc2c(c1)c1ncccc1n2-c1ccc(-c2nc(-c3ccccc3)nc(-c3ccccc3)n2)cc1. The predicted molar refractivity (Wildman–Crippen MR) is 470 cm³/mol. The molecule has 114 heavy (non-hydrogen) atoms. The number of pyridine rings is 6. The second-order valence-electron chi connectivity index (χ2n) is 27.0. The highest BCUT2D eigenvalue weighted by atomic mass is 79.9. The van der Waals surface area contributed by atoms with Gasteiger partial charge in [-0.2, -0.15) is 0 Å². The van der Waals surface area contributed by atoms with Crippen LogP contribution in [0.15, 0.2) is 384 Å². The molecule has 0 N–H and O–H groups in total. The molecular weight excluding hydrogens is 1600 g/mol. The maximum atomic E-state index is 4.97. The molecule has 21 rings (SSSR count). The van der Waals surface area contributed by atoms with E-state index in [1.807, 2.05) is 170 Å². The van der Waals surface area contributed by atoms with Gasteiger partial charge in [0, 0.05) is 111 Å². The fourth-order valence-corrected chi connectivity index (χ4v) is 15.7. The minimum absolute atomic E-state index is 0.636. The molecule has 11 heterocycles. The number of nitrogens with zero attached hydrogens (tertiary/aromatic N) is 14. The molecule has 0 aliphatic carbocycles. The molecule has 540 valence electrons. The molecule has 0 bridgehead atoms. The highest BCUT2D eigenvalue weighted by Gasteiger charge is 2.21. The van der Waals surface area contributed by atoms with Crippen molar-refractivity contribution in [3.63, 3.8) is 0 Å². The van der Waals surface area contributed by atoms with Crippen LogP contribution in [0.2, 0.25) is 0 Å². The van der Waals surface area contributed by atoms with Crippen LogP contribution in [0.25, 0.3) is 185 Å². The van der Waals surface area contributed by atoms with Gasteiger partial charge in [-0.3, -0.25) is 24.9 Å². The second-order valence-corrected chi connectivity index (χ2v) is 29.8. The van der Waals surface area contributed by atoms with Gasteiger partial charge in [0.2, 0.25) is 0 Å². The van der Waals surface area contributed by atoms with Crippen LogP contribution in [-0.2, 0) is 0 Å². The quantitative estimate of drug-likeness (QED) is 0.115. The first-order chi connectivity index (χ1) is 56.2. The van der Waals surface area contributed by atoms with Crippen LogP contribution in [0.1, 0.15) is 0 Å². The summed E-state index contributed by atoms with van der Waals surface area (Å²) in [6.45, 7) is 0. The zero-order valence-electron chi connectivity index (χ0n) is 60.6. The molecule has 0 saturated carbocycles. The number of hydrogen-bond donors (Lipinski definition) is 0. The van der Waals surface area contributed by atoms with Gasteiger partial charge in [-0.15, -0.1) is 0 Å². The Morgan fingerprint density at radius 1 is 0.184 bits per heavy atom. The lowest BCUT2D eigenvalue weighted by Gasteiger charge is -2.11. The Labute approximate surface area is 680 Å². The van der Waals surface area contributed by atoms with Crippen molar-refractivity contribution in [2.24, 2.45) is 0 Å². The molecule has 0 unspecified atom stereocenters. The smallest absolute Gasteiger partial charge is 0.164 e. The predicted octanol–water partition coefficient (Wildman–Crippen LogP) is 25.0. The molecular formula is C97H61Br3N14. The van der Waals surface area contributed by atoms with Crippen molar-refractivity contribution in [3.8, 4) is 119 Å². The average molecular weight is 1660 g/mol. The van der Waals surface area contributed by atoms with Crippen LogP contribution < -0.4 is 0 Å². The molecule has 0 saturated heterocycles. The van der Waals surface area contributed by atoms with E-state index in [4.69, 9.17) is 29.9 Å². The lowest BCUT2D eigenvalue weighted by Crippen LogP contribution is -2.00. The third-order valence-corrected chi connectivity index (χ3v) is 21.4. The Balaban J connectivity index is 0.000000115. The van der Waals surface area contributed by atoms with Crippen LogP contribution in [0.3, 0.4) is 0 Å². The standard InChI is InChI=1S/C33H21BrN4.2C32H20BrN5/c34-25-15-18-30-27(20-25)32-31(12-7-19-35-32)38(30)26-16-13-24(14-17-26)33-36-28(22-8-3-1-4-9-22)21-29(37-33)23-10-5-2-6-11-23;33-23-11-14-30-25(20-23)32-31(8-5-17-36-32)38(30)24-12-9-21(10-13-24)22-18-28(26-6-1-3-15-34-26)37-29(19-22)27-7-2-4-16-35-27;33-24-15-18-27-26(20-24)29-28(12-7-19-34-29)38(27)25-16-13-23(14-17-25)32-36-30(21-8-3-1-4-9-21)35-31(37-32)22-10-5-2-6-11-22/h1-21H;2*1-20H. The van der Waals surface area contributed by atoms with E-state index in [9.17, 15) is 0 Å². The fraction of sp³-hybridized carbons (Fsp3) is 0. The van der Waals surface area contributed by atoms with Gasteiger partial charge in [-0.1, -0.05) is 193 Å². The first kappa shape index (κ1) is 70.4. The van der Waals surface area contributed by atoms with Crippen molar-refractivity contribution in [2.75, 3.05) is 0 Å². The van der Waals surface area contributed by atoms with E-state index in [1.54, 1.807) is 12.4 Å². The fourth-order valence-electron chi connectivity index (χ4n) is 14.6. The van der Waals surface area contributed by atoms with E-state index >= 15 is 0 Å². The molecule has 0 radical (unpaired) electrons. The first-order valence-electron chi connectivity index (χ1n) is 36.9. The Morgan fingerprint density at radius 3 is 0.833 bits per heavy atom. The maximum Gasteiger partial charge on any atom is 0.164 e. The molecule has 14 nitrogen and oxygen atoms in total. The van der Waals surface area contributed by atoms with E-state index in [0.717, 1.165) is 175 Å². The number of halogens is 3. The number of rotatable bonds is 12. The Bertz CT molecular complexity index is 6250. The van der Waals surface area contributed by atoms with E-state index in [2.05, 4.69) is 274 Å². The summed E-state index contributed by atoms with van der Waals surface area (Å²) in [7, 11) is 0. The second kappa shape index (κ2) is 31.1. The molecule has 21 aromatic rings. The van der Waals surface area contributed by atoms with Crippen LogP contribution in [-0.4, -0.2) is 68.5 Å². The molecule has 0 spiro atoms. The molecule has 10 aromatic carbocycles.